The van der Waals surface area contributed by atoms with Gasteiger partial charge in [-0.3, -0.25) is 14.6 Å². The summed E-state index contributed by atoms with van der Waals surface area (Å²) in [6.45, 7) is 5.64. The van der Waals surface area contributed by atoms with Gasteiger partial charge in [0.1, 0.15) is 0 Å². The molecule has 0 saturated carbocycles. The summed E-state index contributed by atoms with van der Waals surface area (Å²) in [6.07, 6.45) is 3.85. The highest BCUT2D eigenvalue weighted by atomic mass is 16.2. The molecule has 0 aliphatic carbocycles. The molecule has 0 spiro atoms. The normalized spacial score (nSPS) is 10.2. The van der Waals surface area contributed by atoms with Gasteiger partial charge in [-0.25, -0.2) is 0 Å². The van der Waals surface area contributed by atoms with Gasteiger partial charge in [-0.05, 0) is 25.0 Å². The number of rotatable bonds is 7. The molecule has 0 aliphatic rings. The standard InChI is InChI=1S/C19H23N3O2/c1-3-10-21-18(23)16-11-17(13-20-12-16)19(24)22(4-2)14-15-8-6-5-7-9-15/h5-9,11-13H,3-4,10,14H2,1-2H3,(H,21,23). The lowest BCUT2D eigenvalue weighted by Gasteiger charge is -2.21. The molecular formula is C19H23N3O2. The first-order valence-electron chi connectivity index (χ1n) is 8.22. The number of nitrogens with zero attached hydrogens (tertiary/aromatic N) is 2. The predicted molar refractivity (Wildman–Crippen MR) is 93.7 cm³/mol. The zero-order valence-corrected chi connectivity index (χ0v) is 14.2. The molecule has 0 fully saturated rings. The van der Waals surface area contributed by atoms with Gasteiger partial charge < -0.3 is 10.2 Å². The maximum atomic E-state index is 12.7. The number of carbonyl (C=O) groups is 2. The highest BCUT2D eigenvalue weighted by molar-refractivity contribution is 5.99. The second kappa shape index (κ2) is 8.82. The molecule has 1 aromatic heterocycles. The third-order valence-corrected chi connectivity index (χ3v) is 3.67. The first-order chi connectivity index (χ1) is 11.7. The molecule has 0 bridgehead atoms. The van der Waals surface area contributed by atoms with Crippen molar-refractivity contribution in [2.45, 2.75) is 26.8 Å². The molecular weight excluding hydrogens is 302 g/mol. The van der Waals surface area contributed by atoms with Crippen molar-refractivity contribution in [2.24, 2.45) is 0 Å². The lowest BCUT2D eigenvalue weighted by Crippen LogP contribution is -2.31. The quantitative estimate of drug-likeness (QED) is 0.851. The topological polar surface area (TPSA) is 62.3 Å². The Bertz CT molecular complexity index is 686. The summed E-state index contributed by atoms with van der Waals surface area (Å²) in [5.41, 5.74) is 1.90. The fourth-order valence-corrected chi connectivity index (χ4v) is 2.34. The molecule has 1 heterocycles. The van der Waals surface area contributed by atoms with E-state index in [9.17, 15) is 9.59 Å². The van der Waals surface area contributed by atoms with Crippen LogP contribution in [0, 0.1) is 0 Å². The molecule has 0 atom stereocenters. The van der Waals surface area contributed by atoms with Crippen molar-refractivity contribution in [3.63, 3.8) is 0 Å². The highest BCUT2D eigenvalue weighted by Gasteiger charge is 2.17. The average Bonchev–Trinajstić information content (AvgIpc) is 2.64. The Morgan fingerprint density at radius 1 is 1.08 bits per heavy atom. The van der Waals surface area contributed by atoms with E-state index in [0.717, 1.165) is 12.0 Å². The average molecular weight is 325 g/mol. The Morgan fingerprint density at radius 2 is 1.79 bits per heavy atom. The maximum Gasteiger partial charge on any atom is 0.255 e. The minimum Gasteiger partial charge on any atom is -0.352 e. The van der Waals surface area contributed by atoms with Crippen LogP contribution in [-0.4, -0.2) is 34.8 Å². The summed E-state index contributed by atoms with van der Waals surface area (Å²) in [5, 5.41) is 2.79. The summed E-state index contributed by atoms with van der Waals surface area (Å²) >= 11 is 0. The van der Waals surface area contributed by atoms with Crippen LogP contribution in [0.4, 0.5) is 0 Å². The molecule has 2 rings (SSSR count). The van der Waals surface area contributed by atoms with Crippen LogP contribution in [0.2, 0.25) is 0 Å². The maximum absolute atomic E-state index is 12.7. The fourth-order valence-electron chi connectivity index (χ4n) is 2.34. The van der Waals surface area contributed by atoms with Gasteiger partial charge in [0.25, 0.3) is 11.8 Å². The number of nitrogens with one attached hydrogen (secondary N) is 1. The Labute approximate surface area is 142 Å². The van der Waals surface area contributed by atoms with Gasteiger partial charge in [0.2, 0.25) is 0 Å². The molecule has 0 radical (unpaired) electrons. The highest BCUT2D eigenvalue weighted by Crippen LogP contribution is 2.11. The second-order valence-electron chi connectivity index (χ2n) is 5.52. The fraction of sp³-hybridized carbons (Fsp3) is 0.316. The van der Waals surface area contributed by atoms with Gasteiger partial charge in [0.05, 0.1) is 11.1 Å². The molecule has 0 unspecified atom stereocenters. The Balaban J connectivity index is 2.14. The number of aromatic nitrogens is 1. The summed E-state index contributed by atoms with van der Waals surface area (Å²) < 4.78 is 0. The zero-order chi connectivity index (χ0) is 17.4. The van der Waals surface area contributed by atoms with Crippen LogP contribution in [0.3, 0.4) is 0 Å². The van der Waals surface area contributed by atoms with Gasteiger partial charge in [-0.15, -0.1) is 0 Å². The van der Waals surface area contributed by atoms with Crippen LogP contribution >= 0.6 is 0 Å². The van der Waals surface area contributed by atoms with E-state index in [0.29, 0.717) is 30.8 Å². The van der Waals surface area contributed by atoms with Crippen molar-refractivity contribution in [2.75, 3.05) is 13.1 Å². The smallest absolute Gasteiger partial charge is 0.255 e. The van der Waals surface area contributed by atoms with Gasteiger partial charge in [-0.2, -0.15) is 0 Å². The zero-order valence-electron chi connectivity index (χ0n) is 14.2. The van der Waals surface area contributed by atoms with Crippen molar-refractivity contribution < 1.29 is 9.59 Å². The summed E-state index contributed by atoms with van der Waals surface area (Å²) in [6, 6.07) is 11.4. The number of pyridine rings is 1. The number of carbonyl (C=O) groups excluding carboxylic acids is 2. The van der Waals surface area contributed by atoms with Crippen LogP contribution in [0.15, 0.2) is 48.8 Å². The number of benzene rings is 1. The van der Waals surface area contributed by atoms with E-state index in [1.807, 2.05) is 44.2 Å². The van der Waals surface area contributed by atoms with E-state index in [1.165, 1.54) is 12.4 Å². The van der Waals surface area contributed by atoms with E-state index in [2.05, 4.69) is 10.3 Å². The Kier molecular flexibility index (Phi) is 6.49. The van der Waals surface area contributed by atoms with Gasteiger partial charge >= 0.3 is 0 Å². The second-order valence-corrected chi connectivity index (χ2v) is 5.52. The lowest BCUT2D eigenvalue weighted by molar-refractivity contribution is 0.0752. The number of hydrogen-bond donors (Lipinski definition) is 1. The van der Waals surface area contributed by atoms with Crippen LogP contribution in [-0.2, 0) is 6.54 Å². The minimum absolute atomic E-state index is 0.126. The first kappa shape index (κ1) is 17.7. The Morgan fingerprint density at radius 3 is 2.46 bits per heavy atom. The molecule has 24 heavy (non-hydrogen) atoms. The Hall–Kier alpha value is -2.69. The molecule has 126 valence electrons. The predicted octanol–water partition coefficient (Wildman–Crippen LogP) is 2.88. The van der Waals surface area contributed by atoms with Crippen LogP contribution in [0.1, 0.15) is 46.5 Å². The first-order valence-corrected chi connectivity index (χ1v) is 8.22. The lowest BCUT2D eigenvalue weighted by atomic mass is 10.1. The third kappa shape index (κ3) is 4.65. The van der Waals surface area contributed by atoms with Crippen molar-refractivity contribution in [3.8, 4) is 0 Å². The largest absolute Gasteiger partial charge is 0.352 e. The molecule has 1 aromatic carbocycles. The van der Waals surface area contributed by atoms with E-state index in [1.54, 1.807) is 11.0 Å². The minimum atomic E-state index is -0.204. The van der Waals surface area contributed by atoms with Crippen LogP contribution in [0.25, 0.3) is 0 Å². The summed E-state index contributed by atoms with van der Waals surface area (Å²) in [5.74, 6) is -0.330. The SMILES string of the molecule is CCCNC(=O)c1cncc(C(=O)N(CC)Cc2ccccc2)c1. The van der Waals surface area contributed by atoms with Crippen molar-refractivity contribution >= 4 is 11.8 Å². The molecule has 0 saturated heterocycles. The molecule has 2 amide bonds. The molecule has 5 heteroatoms. The summed E-state index contributed by atoms with van der Waals surface area (Å²) in [4.78, 5) is 30.5. The monoisotopic (exact) mass is 325 g/mol. The van der Waals surface area contributed by atoms with E-state index in [4.69, 9.17) is 0 Å². The van der Waals surface area contributed by atoms with Gasteiger partial charge in [0, 0.05) is 32.0 Å². The van der Waals surface area contributed by atoms with Gasteiger partial charge in [0.15, 0.2) is 0 Å². The van der Waals surface area contributed by atoms with Crippen molar-refractivity contribution in [1.82, 2.24) is 15.2 Å². The third-order valence-electron chi connectivity index (χ3n) is 3.67. The van der Waals surface area contributed by atoms with Crippen molar-refractivity contribution in [3.05, 3.63) is 65.5 Å². The summed E-state index contributed by atoms with van der Waals surface area (Å²) in [7, 11) is 0. The van der Waals surface area contributed by atoms with E-state index in [-0.39, 0.29) is 11.8 Å². The van der Waals surface area contributed by atoms with Crippen molar-refractivity contribution in [1.29, 1.82) is 0 Å². The van der Waals surface area contributed by atoms with E-state index >= 15 is 0 Å². The molecule has 1 N–H and O–H groups in total. The van der Waals surface area contributed by atoms with Crippen LogP contribution < -0.4 is 5.32 Å². The van der Waals surface area contributed by atoms with Gasteiger partial charge in [-0.1, -0.05) is 37.3 Å². The number of hydrogen-bond acceptors (Lipinski definition) is 3. The van der Waals surface area contributed by atoms with E-state index < -0.39 is 0 Å². The number of amides is 2. The molecule has 0 aliphatic heterocycles. The molecule has 2 aromatic rings. The van der Waals surface area contributed by atoms with Crippen LogP contribution in [0.5, 0.6) is 0 Å². The molecule has 5 nitrogen and oxygen atoms in total.